The molecule has 0 aromatic heterocycles. The second-order valence-electron chi connectivity index (χ2n) is 9.73. The molecular weight excluding hydrogens is 509 g/mol. The number of ether oxygens (including phenoxy) is 2. The van der Waals surface area contributed by atoms with E-state index in [4.69, 9.17) is 9.84 Å². The number of esters is 2. The Morgan fingerprint density at radius 2 is 1.16 bits per heavy atom. The normalized spacial score (nSPS) is 20.1. The average Bonchev–Trinajstić information content (AvgIpc) is 2.84. The molecule has 0 saturated heterocycles. The Hall–Kier alpha value is -1.55. The fraction of sp³-hybridized carbons (Fsp3) is 0.679. The molecule has 0 bridgehead atoms. The van der Waals surface area contributed by atoms with E-state index in [1.54, 1.807) is 6.92 Å². The summed E-state index contributed by atoms with van der Waals surface area (Å²) in [6.07, 6.45) is 6.65. The van der Waals surface area contributed by atoms with Crippen LogP contribution in [-0.2, 0) is 23.9 Å². The van der Waals surface area contributed by atoms with Crippen molar-refractivity contribution in [3.8, 4) is 0 Å². The third-order valence-corrected chi connectivity index (χ3v) is 6.84. The monoisotopic (exact) mass is 552 g/mol. The molecule has 3 fully saturated rings. The summed E-state index contributed by atoms with van der Waals surface area (Å²) in [7, 11) is 0. The van der Waals surface area contributed by atoms with E-state index >= 15 is 0 Å². The average molecular weight is 553 g/mol. The van der Waals surface area contributed by atoms with E-state index in [9.17, 15) is 23.2 Å². The van der Waals surface area contributed by atoms with Crippen molar-refractivity contribution >= 4 is 17.9 Å². The van der Waals surface area contributed by atoms with Crippen molar-refractivity contribution in [2.45, 2.75) is 102 Å². The van der Waals surface area contributed by atoms with Crippen molar-refractivity contribution in [3.63, 3.8) is 0 Å². The van der Waals surface area contributed by atoms with E-state index in [-0.39, 0.29) is 79.2 Å². The van der Waals surface area contributed by atoms with Crippen LogP contribution in [0.25, 0.3) is 0 Å². The first-order chi connectivity index (χ1) is 16.9. The van der Waals surface area contributed by atoms with Crippen LogP contribution in [0, 0.1) is 5.92 Å². The van der Waals surface area contributed by atoms with Gasteiger partial charge in [-0.3, -0.25) is 4.79 Å². The van der Waals surface area contributed by atoms with Crippen molar-refractivity contribution in [1.29, 1.82) is 0 Å². The molecule has 7 nitrogen and oxygen atoms in total. The molecule has 212 valence electrons. The second kappa shape index (κ2) is 18.7. The van der Waals surface area contributed by atoms with Gasteiger partial charge in [-0.1, -0.05) is 36.5 Å². The quantitative estimate of drug-likeness (QED) is 0.315. The molecule has 0 atom stereocenters. The predicted octanol–water partition coefficient (Wildman–Crippen LogP) is 3.42. The molecule has 0 aromatic carbocycles. The molecule has 2 N–H and O–H groups in total. The Morgan fingerprint density at radius 1 is 0.789 bits per heavy atom. The van der Waals surface area contributed by atoms with Crippen molar-refractivity contribution in [2.24, 2.45) is 5.92 Å². The number of carboxylic acid groups (broad SMARTS) is 1. The summed E-state index contributed by atoms with van der Waals surface area (Å²) in [4.78, 5) is 32.8. The second-order valence-corrected chi connectivity index (χ2v) is 9.73. The van der Waals surface area contributed by atoms with Crippen molar-refractivity contribution in [1.82, 2.24) is 0 Å². The summed E-state index contributed by atoms with van der Waals surface area (Å²) >= 11 is 0. The molecule has 0 aliphatic heterocycles. The van der Waals surface area contributed by atoms with Crippen LogP contribution < -0.4 is 29.6 Å². The first kappa shape index (κ1) is 38.6. The number of hydrogen-bond acceptors (Lipinski definition) is 6. The molecule has 3 saturated carbocycles. The van der Waals surface area contributed by atoms with Crippen LogP contribution in [0.1, 0.15) is 90.9 Å². The van der Waals surface area contributed by atoms with Gasteiger partial charge in [0, 0.05) is 0 Å². The summed E-state index contributed by atoms with van der Waals surface area (Å²) in [6.45, 7) is 15.6. The summed E-state index contributed by atoms with van der Waals surface area (Å²) in [5.41, 5.74) is -0.481. The van der Waals surface area contributed by atoms with E-state index in [0.29, 0.717) is 32.3 Å². The zero-order chi connectivity index (χ0) is 27.4. The Bertz CT molecular complexity index is 798. The minimum Gasteiger partial charge on any atom is -0.870 e. The predicted molar refractivity (Wildman–Crippen MR) is 137 cm³/mol. The number of hydrogen-bond donors (Lipinski definition) is 1. The number of rotatable bonds is 5. The van der Waals surface area contributed by atoms with Crippen LogP contribution in [0.2, 0.25) is 0 Å². The van der Waals surface area contributed by atoms with Crippen LogP contribution in [0.5, 0.6) is 0 Å². The largest absolute Gasteiger partial charge is 1.00 e. The van der Waals surface area contributed by atoms with Crippen molar-refractivity contribution in [2.75, 3.05) is 13.2 Å². The first-order valence-electron chi connectivity index (χ1n) is 12.8. The Balaban J connectivity index is 0. The smallest absolute Gasteiger partial charge is 0.870 e. The minimum atomic E-state index is -1.98. The molecule has 0 spiro atoms. The van der Waals surface area contributed by atoms with Gasteiger partial charge in [-0.25, -0.2) is 18.4 Å². The van der Waals surface area contributed by atoms with Gasteiger partial charge in [0.1, 0.15) is 0 Å². The molecule has 38 heavy (non-hydrogen) atoms. The van der Waals surface area contributed by atoms with Gasteiger partial charge in [0.25, 0.3) is 0 Å². The first-order valence-corrected chi connectivity index (χ1v) is 12.8. The number of carbonyl (C=O) groups excluding carboxylic acids is 2. The zero-order valence-corrected chi connectivity index (χ0v) is 25.3. The van der Waals surface area contributed by atoms with Gasteiger partial charge in [-0.2, -0.15) is 0 Å². The summed E-state index contributed by atoms with van der Waals surface area (Å²) in [5, 5.41) is 8.48. The maximum absolute atomic E-state index is 13.8. The van der Waals surface area contributed by atoms with E-state index in [0.717, 1.165) is 36.8 Å². The van der Waals surface area contributed by atoms with Crippen molar-refractivity contribution in [3.05, 3.63) is 36.5 Å². The Labute approximate surface area is 247 Å². The van der Waals surface area contributed by atoms with Crippen molar-refractivity contribution < 1.29 is 72.8 Å². The van der Waals surface area contributed by atoms with Gasteiger partial charge >= 0.3 is 47.5 Å². The van der Waals surface area contributed by atoms with Gasteiger partial charge in [-0.15, -0.1) is 0 Å². The molecule has 3 aliphatic carbocycles. The van der Waals surface area contributed by atoms with Gasteiger partial charge in [-0.05, 0) is 90.9 Å². The van der Waals surface area contributed by atoms with Gasteiger partial charge in [0.05, 0.1) is 19.1 Å². The molecule has 3 rings (SSSR count). The van der Waals surface area contributed by atoms with E-state index in [2.05, 4.69) is 24.5 Å². The number of alkyl halides is 2. The van der Waals surface area contributed by atoms with Crippen LogP contribution in [0.4, 0.5) is 8.78 Å². The summed E-state index contributed by atoms with van der Waals surface area (Å²) in [5.74, 6) is -1.92. The molecule has 0 heterocycles. The maximum atomic E-state index is 13.8. The van der Waals surface area contributed by atoms with E-state index in [1.807, 2.05) is 6.92 Å². The SMILES string of the molecule is C=C1CCC(C(=O)OCC)CC1.C=C1CCC(F)(C(=O)O)CC1.C=C1CCC(F)(C(=O)OCC)CC1.[Na+].[OH-]. The van der Waals surface area contributed by atoms with Crippen LogP contribution in [0.15, 0.2) is 36.5 Å². The number of allylic oxidation sites excluding steroid dienone is 3. The number of carboxylic acids is 1. The molecule has 0 aromatic rings. The molecule has 10 heteroatoms. The summed E-state index contributed by atoms with van der Waals surface area (Å²) < 4.78 is 36.7. The van der Waals surface area contributed by atoms with E-state index < -0.39 is 23.3 Å². The number of aliphatic carboxylic acids is 1. The number of halogens is 2. The molecule has 3 aliphatic rings. The van der Waals surface area contributed by atoms with Crippen LogP contribution in [-0.4, -0.2) is 53.0 Å². The third-order valence-electron chi connectivity index (χ3n) is 6.84. The minimum absolute atomic E-state index is 0. The molecule has 0 amide bonds. The number of carbonyl (C=O) groups is 3. The van der Waals surface area contributed by atoms with Gasteiger partial charge in [0.2, 0.25) is 11.3 Å². The van der Waals surface area contributed by atoms with Crippen LogP contribution in [0.3, 0.4) is 0 Å². The molecule has 0 radical (unpaired) electrons. The Morgan fingerprint density at radius 3 is 1.53 bits per heavy atom. The van der Waals surface area contributed by atoms with E-state index in [1.165, 1.54) is 5.57 Å². The maximum Gasteiger partial charge on any atom is 1.00 e. The molecule has 0 unspecified atom stereocenters. The zero-order valence-electron chi connectivity index (χ0n) is 23.3. The van der Waals surface area contributed by atoms with Crippen LogP contribution >= 0.6 is 0 Å². The van der Waals surface area contributed by atoms with Gasteiger partial charge < -0.3 is 20.1 Å². The van der Waals surface area contributed by atoms with Gasteiger partial charge in [0.15, 0.2) is 0 Å². The third kappa shape index (κ3) is 13.0. The topological polar surface area (TPSA) is 120 Å². The summed E-state index contributed by atoms with van der Waals surface area (Å²) in [6, 6.07) is 0. The molecular formula is C28H43F2NaO7. The fourth-order valence-electron chi connectivity index (χ4n) is 4.20. The Kier molecular flexibility index (Phi) is 19.0. The fourth-order valence-corrected chi connectivity index (χ4v) is 4.20. The standard InChI is InChI=1S/C10H15FO2.C10H16O2.C8H11FO2.Na.H2O/c1-3-13-9(12)10(11)6-4-8(2)5-7-10;1-3-12-10(11)9-6-4-8(2)5-7-9;1-6-2-4-8(9,5-3-6)7(10)11;;/h2-7H2,1H3;9H,2-7H2,1H3;1-5H2,(H,10,11);;1H2/q;;;+1;/p-1.